The number of aliphatic carboxylic acids is 2. The van der Waals surface area contributed by atoms with E-state index in [2.05, 4.69) is 26.2 Å². The Bertz CT molecular complexity index is 1450. The van der Waals surface area contributed by atoms with Gasteiger partial charge in [-0.15, -0.1) is 0 Å². The molecule has 0 spiro atoms. The van der Waals surface area contributed by atoms with Gasteiger partial charge >= 0.3 is 11.9 Å². The summed E-state index contributed by atoms with van der Waals surface area (Å²) in [7, 11) is 0. The van der Waals surface area contributed by atoms with Crippen molar-refractivity contribution in [3.8, 4) is 0 Å². The molecule has 0 aliphatic carbocycles. The number of amides is 5. The minimum atomic E-state index is -1.11. The summed E-state index contributed by atoms with van der Waals surface area (Å²) < 4.78 is 0. The molecule has 1 heterocycles. The number of carbonyl (C=O) groups excluding carboxylic acids is 5. The van der Waals surface area contributed by atoms with Crippen LogP contribution in [0.5, 0.6) is 0 Å². The second kappa shape index (κ2) is 16.1. The maximum Gasteiger partial charge on any atom is 0.306 e. The Morgan fingerprint density at radius 2 is 1.23 bits per heavy atom. The Morgan fingerprint density at radius 1 is 0.705 bits per heavy atom. The number of hydrogen-bond donors (Lipinski definition) is 5. The van der Waals surface area contributed by atoms with E-state index in [9.17, 15) is 33.6 Å². The third kappa shape index (κ3) is 10.9. The third-order valence-electron chi connectivity index (χ3n) is 6.24. The molecule has 0 aromatic heterocycles. The van der Waals surface area contributed by atoms with Crippen LogP contribution in [0.25, 0.3) is 0 Å². The lowest BCUT2D eigenvalue weighted by atomic mass is 9.97. The lowest BCUT2D eigenvalue weighted by Crippen LogP contribution is -2.37. The molecule has 15 heteroatoms. The molecule has 0 bridgehead atoms. The zero-order valence-corrected chi connectivity index (χ0v) is 23.4. The molecule has 44 heavy (non-hydrogen) atoms. The fourth-order valence-electron chi connectivity index (χ4n) is 3.94. The highest BCUT2D eigenvalue weighted by Crippen LogP contribution is 2.22. The van der Waals surface area contributed by atoms with Crippen LogP contribution in [-0.4, -0.2) is 69.7 Å². The van der Waals surface area contributed by atoms with Gasteiger partial charge in [0.2, 0.25) is 17.7 Å². The predicted octanol–water partition coefficient (Wildman–Crippen LogP) is 2.76. The van der Waals surface area contributed by atoms with Crippen LogP contribution in [0.2, 0.25) is 0 Å². The van der Waals surface area contributed by atoms with Crippen molar-refractivity contribution in [2.24, 2.45) is 16.1 Å². The van der Waals surface area contributed by atoms with Crippen molar-refractivity contribution in [2.45, 2.75) is 32.1 Å². The molecule has 15 nitrogen and oxygen atoms in total. The molecule has 2 aromatic carbocycles. The maximum atomic E-state index is 12.2. The molecule has 1 atom stereocenters. The van der Waals surface area contributed by atoms with Crippen LogP contribution in [0.4, 0.5) is 22.7 Å². The third-order valence-corrected chi connectivity index (χ3v) is 6.24. The number of benzene rings is 2. The molecule has 5 amide bonds. The van der Waals surface area contributed by atoms with E-state index < -0.39 is 53.9 Å². The van der Waals surface area contributed by atoms with E-state index >= 15 is 0 Å². The fraction of sp³-hybridized carbons (Fsp3) is 0.276. The quantitative estimate of drug-likeness (QED) is 0.140. The fourth-order valence-corrected chi connectivity index (χ4v) is 3.94. The smallest absolute Gasteiger partial charge is 0.306 e. The van der Waals surface area contributed by atoms with Crippen molar-refractivity contribution in [2.75, 3.05) is 23.7 Å². The van der Waals surface area contributed by atoms with Crippen molar-refractivity contribution in [1.82, 2.24) is 10.2 Å². The number of carboxylic acid groups (broad SMARTS) is 2. The number of hydrogen-bond acceptors (Lipinski definition) is 9. The Kier molecular flexibility index (Phi) is 12.0. The number of anilines is 2. The highest BCUT2D eigenvalue weighted by molar-refractivity contribution is 6.15. The van der Waals surface area contributed by atoms with Crippen LogP contribution in [-0.2, 0) is 33.6 Å². The number of imide groups is 1. The predicted molar refractivity (Wildman–Crippen MR) is 155 cm³/mol. The minimum absolute atomic E-state index is 0.00216. The maximum absolute atomic E-state index is 12.2. The first-order chi connectivity index (χ1) is 21.0. The zero-order valence-electron chi connectivity index (χ0n) is 23.4. The van der Waals surface area contributed by atoms with Gasteiger partial charge in [0.05, 0.1) is 23.8 Å². The molecule has 1 aliphatic rings. The molecular weight excluding hydrogens is 576 g/mol. The molecule has 0 radical (unpaired) electrons. The van der Waals surface area contributed by atoms with Crippen molar-refractivity contribution in [3.63, 3.8) is 0 Å². The molecule has 0 saturated carbocycles. The van der Waals surface area contributed by atoms with Crippen molar-refractivity contribution in [3.05, 3.63) is 60.7 Å². The van der Waals surface area contributed by atoms with Crippen LogP contribution in [0.3, 0.4) is 0 Å². The van der Waals surface area contributed by atoms with Crippen LogP contribution >= 0.6 is 0 Å². The van der Waals surface area contributed by atoms with Crippen LogP contribution in [0.15, 0.2) is 70.9 Å². The van der Waals surface area contributed by atoms with Crippen LogP contribution < -0.4 is 16.0 Å². The number of carbonyl (C=O) groups is 7. The lowest BCUT2D eigenvalue weighted by Gasteiger charge is -2.13. The van der Waals surface area contributed by atoms with Crippen molar-refractivity contribution < 1.29 is 43.8 Å². The van der Waals surface area contributed by atoms with Crippen LogP contribution in [0.1, 0.15) is 32.1 Å². The van der Waals surface area contributed by atoms with Crippen LogP contribution in [0, 0.1) is 5.92 Å². The molecule has 3 rings (SSSR count). The van der Waals surface area contributed by atoms with E-state index in [0.717, 1.165) is 17.1 Å². The average Bonchev–Trinajstić information content (AvgIpc) is 3.30. The lowest BCUT2D eigenvalue weighted by molar-refractivity contribution is -0.143. The first-order valence-corrected chi connectivity index (χ1v) is 13.5. The summed E-state index contributed by atoms with van der Waals surface area (Å²) in [6.45, 7) is -0.684. The van der Waals surface area contributed by atoms with E-state index in [0.29, 0.717) is 22.7 Å². The number of nitrogens with one attached hydrogen (secondary N) is 3. The Balaban J connectivity index is 1.37. The summed E-state index contributed by atoms with van der Waals surface area (Å²) in [6.07, 6.45) is 2.32. The summed E-state index contributed by atoms with van der Waals surface area (Å²) in [5.41, 5.74) is 1.88. The summed E-state index contributed by atoms with van der Waals surface area (Å²) >= 11 is 0. The van der Waals surface area contributed by atoms with Gasteiger partial charge in [0.25, 0.3) is 11.8 Å². The van der Waals surface area contributed by atoms with Crippen molar-refractivity contribution >= 4 is 64.2 Å². The Morgan fingerprint density at radius 3 is 1.73 bits per heavy atom. The van der Waals surface area contributed by atoms with Gasteiger partial charge in [0.1, 0.15) is 6.54 Å². The first kappa shape index (κ1) is 32.8. The van der Waals surface area contributed by atoms with E-state index in [4.69, 9.17) is 10.2 Å². The van der Waals surface area contributed by atoms with E-state index in [1.807, 2.05) is 0 Å². The molecule has 2 aromatic rings. The van der Waals surface area contributed by atoms with Gasteiger partial charge in [-0.2, -0.15) is 10.2 Å². The summed E-state index contributed by atoms with van der Waals surface area (Å²) in [4.78, 5) is 82.1. The van der Waals surface area contributed by atoms with Gasteiger partial charge in [0.15, 0.2) is 0 Å². The van der Waals surface area contributed by atoms with Gasteiger partial charge in [-0.05, 0) is 67.8 Å². The zero-order chi connectivity index (χ0) is 32.1. The molecule has 5 N–H and O–H groups in total. The molecule has 0 fully saturated rings. The number of nitrogens with zero attached hydrogens (tertiary/aromatic N) is 3. The Hall–Kier alpha value is -5.73. The van der Waals surface area contributed by atoms with Gasteiger partial charge in [-0.3, -0.25) is 38.5 Å². The van der Waals surface area contributed by atoms with E-state index in [1.165, 1.54) is 0 Å². The number of carboxylic acids is 2. The second-order valence-corrected chi connectivity index (χ2v) is 9.62. The molecule has 0 saturated heterocycles. The largest absolute Gasteiger partial charge is 0.481 e. The molecule has 230 valence electrons. The van der Waals surface area contributed by atoms with E-state index in [1.54, 1.807) is 48.5 Å². The SMILES string of the molecule is O=C(O)CCC(CCCC(=O)NCC(=O)Nc1ccc(/N=N/c2ccc(NC(=O)CN3C(=O)C=CC3=O)cc2)cc1)C(=O)O. The van der Waals surface area contributed by atoms with Gasteiger partial charge in [-0.25, -0.2) is 0 Å². The Labute approximate surface area is 251 Å². The first-order valence-electron chi connectivity index (χ1n) is 13.5. The van der Waals surface area contributed by atoms with Crippen molar-refractivity contribution in [1.29, 1.82) is 0 Å². The monoisotopic (exact) mass is 606 g/mol. The summed E-state index contributed by atoms with van der Waals surface area (Å²) in [6, 6.07) is 12.8. The van der Waals surface area contributed by atoms with E-state index in [-0.39, 0.29) is 38.6 Å². The van der Waals surface area contributed by atoms with Gasteiger partial charge in [-0.1, -0.05) is 0 Å². The molecular formula is C29H30N6O9. The highest BCUT2D eigenvalue weighted by atomic mass is 16.4. The summed E-state index contributed by atoms with van der Waals surface area (Å²) in [5.74, 6) is -5.57. The standard InChI is InChI=1S/C29H30N6O9/c36-23(3-1-2-18(29(43)44)4-15-28(41)42)30-16-24(37)31-19-5-9-21(10-6-19)33-34-22-11-7-20(8-12-22)32-25(38)17-35-26(39)13-14-27(35)40/h5-14,18H,1-4,15-17H2,(H,30,36)(H,31,37)(H,32,38)(H,41,42)(H,43,44)/b34-33+. The second-order valence-electron chi connectivity index (χ2n) is 9.62. The number of azo groups is 1. The summed E-state index contributed by atoms with van der Waals surface area (Å²) in [5, 5.41) is 33.8. The number of rotatable bonds is 16. The molecule has 1 unspecified atom stereocenters. The van der Waals surface area contributed by atoms with Gasteiger partial charge in [0, 0.05) is 36.4 Å². The normalized spacial score (nSPS) is 13.1. The topological polar surface area (TPSA) is 224 Å². The highest BCUT2D eigenvalue weighted by Gasteiger charge is 2.25. The molecule has 1 aliphatic heterocycles. The van der Waals surface area contributed by atoms with Gasteiger partial charge < -0.3 is 26.2 Å². The average molecular weight is 607 g/mol. The minimum Gasteiger partial charge on any atom is -0.481 e.